The summed E-state index contributed by atoms with van der Waals surface area (Å²) in [6.45, 7) is 0.699. The van der Waals surface area contributed by atoms with Gasteiger partial charge in [0.25, 0.3) is 0 Å². The Hall–Kier alpha value is -1.36. The van der Waals surface area contributed by atoms with Gasteiger partial charge in [0.1, 0.15) is 0 Å². The molecule has 0 aliphatic heterocycles. The molecule has 88 valence electrons. The lowest BCUT2D eigenvalue weighted by molar-refractivity contribution is -0.140. The van der Waals surface area contributed by atoms with E-state index in [1.807, 2.05) is 13.2 Å². The standard InChI is InChI=1S/C11H17N3O2/c1-14(3-2-8-6-12-13-7-8)11(16)9-4-10(15)5-9/h6-7,9-10,15H,2-5H2,1H3,(H,12,13). The van der Waals surface area contributed by atoms with Crippen molar-refractivity contribution in [3.8, 4) is 0 Å². The van der Waals surface area contributed by atoms with Crippen molar-refractivity contribution in [3.05, 3.63) is 18.0 Å². The molecule has 0 aromatic carbocycles. The van der Waals surface area contributed by atoms with Crippen LogP contribution in [0.2, 0.25) is 0 Å². The van der Waals surface area contributed by atoms with Gasteiger partial charge in [-0.1, -0.05) is 0 Å². The van der Waals surface area contributed by atoms with Crippen LogP contribution >= 0.6 is 0 Å². The van der Waals surface area contributed by atoms with Gasteiger partial charge in [0.2, 0.25) is 5.91 Å². The molecule has 0 spiro atoms. The van der Waals surface area contributed by atoms with Crippen molar-refractivity contribution in [2.45, 2.75) is 25.4 Å². The molecule has 16 heavy (non-hydrogen) atoms. The highest BCUT2D eigenvalue weighted by molar-refractivity contribution is 5.79. The number of hydrogen-bond acceptors (Lipinski definition) is 3. The van der Waals surface area contributed by atoms with Crippen LogP contribution in [0.25, 0.3) is 0 Å². The molecule has 1 aliphatic rings. The summed E-state index contributed by atoms with van der Waals surface area (Å²) in [5, 5.41) is 15.7. The molecule has 2 N–H and O–H groups in total. The van der Waals surface area contributed by atoms with Gasteiger partial charge in [-0.15, -0.1) is 0 Å². The Balaban J connectivity index is 1.75. The van der Waals surface area contributed by atoms with Gasteiger partial charge in [-0.3, -0.25) is 9.89 Å². The van der Waals surface area contributed by atoms with Crippen LogP contribution in [0.4, 0.5) is 0 Å². The molecule has 0 bridgehead atoms. The van der Waals surface area contributed by atoms with Crippen molar-refractivity contribution in [2.24, 2.45) is 5.92 Å². The van der Waals surface area contributed by atoms with E-state index in [4.69, 9.17) is 5.11 Å². The lowest BCUT2D eigenvalue weighted by atomic mass is 9.81. The zero-order chi connectivity index (χ0) is 11.5. The number of hydrogen-bond donors (Lipinski definition) is 2. The fourth-order valence-electron chi connectivity index (χ4n) is 1.92. The maximum Gasteiger partial charge on any atom is 0.225 e. The monoisotopic (exact) mass is 223 g/mol. The minimum Gasteiger partial charge on any atom is -0.393 e. The second-order valence-corrected chi connectivity index (χ2v) is 4.44. The number of aliphatic hydroxyl groups is 1. The Kier molecular flexibility index (Phi) is 3.24. The van der Waals surface area contributed by atoms with Crippen LogP contribution in [-0.4, -0.2) is 45.8 Å². The first-order valence-corrected chi connectivity index (χ1v) is 5.57. The molecule has 1 aliphatic carbocycles. The van der Waals surface area contributed by atoms with E-state index in [9.17, 15) is 4.79 Å². The van der Waals surface area contributed by atoms with Gasteiger partial charge in [0.15, 0.2) is 0 Å². The van der Waals surface area contributed by atoms with Crippen LogP contribution in [0.5, 0.6) is 0 Å². The van der Waals surface area contributed by atoms with Gasteiger partial charge in [0, 0.05) is 25.7 Å². The molecule has 5 nitrogen and oxygen atoms in total. The maximum atomic E-state index is 11.8. The number of nitrogens with one attached hydrogen (secondary N) is 1. The van der Waals surface area contributed by atoms with Crippen molar-refractivity contribution in [1.29, 1.82) is 0 Å². The molecule has 1 aromatic rings. The van der Waals surface area contributed by atoms with Crippen molar-refractivity contribution in [1.82, 2.24) is 15.1 Å². The summed E-state index contributed by atoms with van der Waals surface area (Å²) in [4.78, 5) is 13.6. The molecule has 0 unspecified atom stereocenters. The van der Waals surface area contributed by atoms with Crippen molar-refractivity contribution < 1.29 is 9.90 Å². The predicted octanol–water partition coefficient (Wildman–Crippen LogP) is 0.181. The summed E-state index contributed by atoms with van der Waals surface area (Å²) in [6.07, 6.45) is 5.39. The zero-order valence-electron chi connectivity index (χ0n) is 9.39. The van der Waals surface area contributed by atoms with E-state index in [-0.39, 0.29) is 17.9 Å². The van der Waals surface area contributed by atoms with Crippen LogP contribution in [0.15, 0.2) is 12.4 Å². The molecular formula is C11H17N3O2. The number of aliphatic hydroxyl groups excluding tert-OH is 1. The van der Waals surface area contributed by atoms with E-state index in [1.165, 1.54) is 0 Å². The summed E-state index contributed by atoms with van der Waals surface area (Å²) in [5.41, 5.74) is 1.10. The van der Waals surface area contributed by atoms with Crippen LogP contribution in [0, 0.1) is 5.92 Å². The Morgan fingerprint density at radius 1 is 1.69 bits per heavy atom. The average molecular weight is 223 g/mol. The number of carbonyl (C=O) groups excluding carboxylic acids is 1. The van der Waals surface area contributed by atoms with E-state index in [0.717, 1.165) is 12.0 Å². The normalized spacial score (nSPS) is 23.9. The molecular weight excluding hydrogens is 206 g/mol. The minimum atomic E-state index is -0.267. The molecule has 0 radical (unpaired) electrons. The second kappa shape index (κ2) is 4.65. The maximum absolute atomic E-state index is 11.8. The van der Waals surface area contributed by atoms with Crippen molar-refractivity contribution in [3.63, 3.8) is 0 Å². The van der Waals surface area contributed by atoms with Crippen molar-refractivity contribution >= 4 is 5.91 Å². The molecule has 2 rings (SSSR count). The zero-order valence-corrected chi connectivity index (χ0v) is 9.39. The van der Waals surface area contributed by atoms with Crippen LogP contribution in [0.3, 0.4) is 0 Å². The summed E-state index contributed by atoms with van der Waals surface area (Å²) in [5.74, 6) is 0.179. The second-order valence-electron chi connectivity index (χ2n) is 4.44. The molecule has 1 saturated carbocycles. The minimum absolute atomic E-state index is 0.0318. The third-order valence-corrected chi connectivity index (χ3v) is 3.13. The summed E-state index contributed by atoms with van der Waals surface area (Å²) in [6, 6.07) is 0. The molecule has 5 heteroatoms. The first kappa shape index (κ1) is 11.1. The summed E-state index contributed by atoms with van der Waals surface area (Å²) >= 11 is 0. The Bertz CT molecular complexity index is 344. The summed E-state index contributed by atoms with van der Waals surface area (Å²) in [7, 11) is 1.81. The smallest absolute Gasteiger partial charge is 0.225 e. The van der Waals surface area contributed by atoms with E-state index < -0.39 is 0 Å². The van der Waals surface area contributed by atoms with E-state index in [2.05, 4.69) is 10.2 Å². The SMILES string of the molecule is CN(CCc1cn[nH]c1)C(=O)C1CC(O)C1. The average Bonchev–Trinajstić information content (AvgIpc) is 2.73. The number of nitrogens with zero attached hydrogens (tertiary/aromatic N) is 2. The lowest BCUT2D eigenvalue weighted by Crippen LogP contribution is -2.42. The Labute approximate surface area is 94.5 Å². The number of carbonyl (C=O) groups is 1. The Morgan fingerprint density at radius 2 is 2.44 bits per heavy atom. The molecule has 0 atom stereocenters. The topological polar surface area (TPSA) is 69.2 Å². The van der Waals surface area contributed by atoms with Crippen LogP contribution in [0.1, 0.15) is 18.4 Å². The van der Waals surface area contributed by atoms with Gasteiger partial charge in [-0.2, -0.15) is 5.10 Å². The number of likely N-dealkylation sites (N-methyl/N-ethyl adjacent to an activating group) is 1. The first-order valence-electron chi connectivity index (χ1n) is 5.57. The fraction of sp³-hybridized carbons (Fsp3) is 0.636. The van der Waals surface area contributed by atoms with Crippen LogP contribution in [-0.2, 0) is 11.2 Å². The van der Waals surface area contributed by atoms with Crippen LogP contribution < -0.4 is 0 Å². The first-order chi connectivity index (χ1) is 7.66. The summed E-state index contributed by atoms with van der Waals surface area (Å²) < 4.78 is 0. The van der Waals surface area contributed by atoms with Gasteiger partial charge in [-0.05, 0) is 24.8 Å². The van der Waals surface area contributed by atoms with Gasteiger partial charge >= 0.3 is 0 Å². The number of amides is 1. The predicted molar refractivity (Wildman–Crippen MR) is 58.7 cm³/mol. The van der Waals surface area contributed by atoms with E-state index >= 15 is 0 Å². The van der Waals surface area contributed by atoms with Gasteiger partial charge < -0.3 is 10.0 Å². The fourth-order valence-corrected chi connectivity index (χ4v) is 1.92. The third kappa shape index (κ3) is 2.41. The highest BCUT2D eigenvalue weighted by atomic mass is 16.3. The van der Waals surface area contributed by atoms with E-state index in [0.29, 0.717) is 19.4 Å². The molecule has 1 amide bonds. The lowest BCUT2D eigenvalue weighted by Gasteiger charge is -2.33. The molecule has 1 aromatic heterocycles. The van der Waals surface area contributed by atoms with E-state index in [1.54, 1.807) is 11.1 Å². The third-order valence-electron chi connectivity index (χ3n) is 3.13. The molecule has 0 saturated heterocycles. The number of aromatic nitrogens is 2. The number of rotatable bonds is 4. The number of H-pyrrole nitrogens is 1. The highest BCUT2D eigenvalue weighted by Gasteiger charge is 2.34. The Morgan fingerprint density at radius 3 is 3.00 bits per heavy atom. The number of aromatic amines is 1. The highest BCUT2D eigenvalue weighted by Crippen LogP contribution is 2.28. The van der Waals surface area contributed by atoms with Gasteiger partial charge in [0.05, 0.1) is 12.3 Å². The van der Waals surface area contributed by atoms with Gasteiger partial charge in [-0.25, -0.2) is 0 Å². The molecule has 1 fully saturated rings. The molecule has 1 heterocycles. The van der Waals surface area contributed by atoms with Crippen molar-refractivity contribution in [2.75, 3.05) is 13.6 Å². The quantitative estimate of drug-likeness (QED) is 0.765. The largest absolute Gasteiger partial charge is 0.393 e.